The Morgan fingerprint density at radius 1 is 1.25 bits per heavy atom. The molecule has 0 saturated carbocycles. The third-order valence-electron chi connectivity index (χ3n) is 3.60. The molecule has 0 aliphatic carbocycles. The summed E-state index contributed by atoms with van der Waals surface area (Å²) in [5, 5.41) is 2.85. The number of imidazole rings is 1. The summed E-state index contributed by atoms with van der Waals surface area (Å²) < 4.78 is 7.04. The molecule has 1 N–H and O–H groups in total. The van der Waals surface area contributed by atoms with Crippen molar-refractivity contribution >= 4 is 11.6 Å². The standard InChI is InChI=1S/C18H18N4O2/c1-13-19-8-9-22(13)17-7-6-15(12-20-17)21-18(23)11-14-4-3-5-16(10-14)24-2/h3-10,12H,11H2,1-2H3,(H,21,23). The van der Waals surface area contributed by atoms with E-state index in [2.05, 4.69) is 15.3 Å². The van der Waals surface area contributed by atoms with Crippen molar-refractivity contribution in [3.63, 3.8) is 0 Å². The van der Waals surface area contributed by atoms with Crippen molar-refractivity contribution in [1.29, 1.82) is 0 Å². The molecule has 3 rings (SSSR count). The van der Waals surface area contributed by atoms with E-state index in [0.29, 0.717) is 5.69 Å². The average molecular weight is 322 g/mol. The van der Waals surface area contributed by atoms with Gasteiger partial charge in [-0.25, -0.2) is 9.97 Å². The maximum Gasteiger partial charge on any atom is 0.228 e. The highest BCUT2D eigenvalue weighted by atomic mass is 16.5. The molecule has 6 heteroatoms. The van der Waals surface area contributed by atoms with Gasteiger partial charge in [0.05, 0.1) is 25.4 Å². The van der Waals surface area contributed by atoms with Gasteiger partial charge < -0.3 is 10.1 Å². The number of rotatable bonds is 5. The van der Waals surface area contributed by atoms with Crippen molar-refractivity contribution in [2.24, 2.45) is 0 Å². The van der Waals surface area contributed by atoms with Gasteiger partial charge >= 0.3 is 0 Å². The second-order valence-corrected chi connectivity index (χ2v) is 5.33. The topological polar surface area (TPSA) is 69.0 Å². The van der Waals surface area contributed by atoms with Gasteiger partial charge in [0.2, 0.25) is 5.91 Å². The molecule has 1 aromatic carbocycles. The number of methoxy groups -OCH3 is 1. The number of nitrogens with zero attached hydrogens (tertiary/aromatic N) is 3. The highest BCUT2D eigenvalue weighted by Gasteiger charge is 2.07. The first-order valence-corrected chi connectivity index (χ1v) is 7.55. The van der Waals surface area contributed by atoms with Crippen LogP contribution in [0.3, 0.4) is 0 Å². The number of aryl methyl sites for hydroxylation is 1. The van der Waals surface area contributed by atoms with Crippen LogP contribution in [-0.4, -0.2) is 27.6 Å². The molecule has 1 amide bonds. The summed E-state index contributed by atoms with van der Waals surface area (Å²) >= 11 is 0. The first kappa shape index (κ1) is 15.7. The number of amides is 1. The largest absolute Gasteiger partial charge is 0.497 e. The predicted molar refractivity (Wildman–Crippen MR) is 91.4 cm³/mol. The lowest BCUT2D eigenvalue weighted by Crippen LogP contribution is -2.14. The van der Waals surface area contributed by atoms with Crippen molar-refractivity contribution in [3.8, 4) is 11.6 Å². The van der Waals surface area contributed by atoms with Gasteiger partial charge in [0.25, 0.3) is 0 Å². The summed E-state index contributed by atoms with van der Waals surface area (Å²) in [5.74, 6) is 2.26. The van der Waals surface area contributed by atoms with E-state index in [1.807, 2.05) is 54.1 Å². The highest BCUT2D eigenvalue weighted by Crippen LogP contribution is 2.15. The summed E-state index contributed by atoms with van der Waals surface area (Å²) in [6.45, 7) is 1.91. The quantitative estimate of drug-likeness (QED) is 0.784. The van der Waals surface area contributed by atoms with Gasteiger partial charge in [0, 0.05) is 12.4 Å². The first-order valence-electron chi connectivity index (χ1n) is 7.55. The molecule has 0 spiro atoms. The van der Waals surface area contributed by atoms with E-state index in [0.717, 1.165) is 23.0 Å². The van der Waals surface area contributed by atoms with Crippen LogP contribution in [0.5, 0.6) is 5.75 Å². The number of nitrogens with one attached hydrogen (secondary N) is 1. The molecule has 0 aliphatic heterocycles. The molecule has 0 aliphatic rings. The number of ether oxygens (including phenoxy) is 1. The lowest BCUT2D eigenvalue weighted by molar-refractivity contribution is -0.115. The fourth-order valence-corrected chi connectivity index (χ4v) is 2.40. The predicted octanol–water partition coefficient (Wildman–Crippen LogP) is 2.77. The molecule has 0 bridgehead atoms. The van der Waals surface area contributed by atoms with E-state index in [4.69, 9.17) is 4.74 Å². The van der Waals surface area contributed by atoms with Crippen molar-refractivity contribution in [1.82, 2.24) is 14.5 Å². The SMILES string of the molecule is COc1cccc(CC(=O)Nc2ccc(-n3ccnc3C)nc2)c1. The Morgan fingerprint density at radius 3 is 2.79 bits per heavy atom. The Kier molecular flexibility index (Phi) is 4.56. The Labute approximate surface area is 140 Å². The first-order chi connectivity index (χ1) is 11.7. The van der Waals surface area contributed by atoms with Crippen LogP contribution >= 0.6 is 0 Å². The zero-order chi connectivity index (χ0) is 16.9. The van der Waals surface area contributed by atoms with Crippen LogP contribution in [0.1, 0.15) is 11.4 Å². The van der Waals surface area contributed by atoms with Crippen molar-refractivity contribution in [2.45, 2.75) is 13.3 Å². The monoisotopic (exact) mass is 322 g/mol. The van der Waals surface area contributed by atoms with Gasteiger partial charge in [-0.15, -0.1) is 0 Å². The van der Waals surface area contributed by atoms with Crippen LogP contribution < -0.4 is 10.1 Å². The van der Waals surface area contributed by atoms with Crippen molar-refractivity contribution in [3.05, 3.63) is 66.4 Å². The maximum absolute atomic E-state index is 12.2. The molecule has 0 atom stereocenters. The molecule has 3 aromatic rings. The smallest absolute Gasteiger partial charge is 0.228 e. The minimum atomic E-state index is -0.100. The number of hydrogen-bond donors (Lipinski definition) is 1. The number of pyridine rings is 1. The van der Waals surface area contributed by atoms with E-state index in [1.165, 1.54) is 0 Å². The molecule has 0 fully saturated rings. The maximum atomic E-state index is 12.2. The summed E-state index contributed by atoms with van der Waals surface area (Å²) in [5.41, 5.74) is 1.55. The molecule has 2 heterocycles. The Balaban J connectivity index is 1.65. The molecular weight excluding hydrogens is 304 g/mol. The van der Waals surface area contributed by atoms with Crippen LogP contribution in [0.4, 0.5) is 5.69 Å². The van der Waals surface area contributed by atoms with E-state index < -0.39 is 0 Å². The van der Waals surface area contributed by atoms with E-state index in [1.54, 1.807) is 19.5 Å². The molecule has 24 heavy (non-hydrogen) atoms. The highest BCUT2D eigenvalue weighted by molar-refractivity contribution is 5.92. The number of carbonyl (C=O) groups is 1. The summed E-state index contributed by atoms with van der Waals surface area (Å²) in [6.07, 6.45) is 5.48. The van der Waals surface area contributed by atoms with E-state index in [-0.39, 0.29) is 12.3 Å². The second-order valence-electron chi connectivity index (χ2n) is 5.33. The minimum Gasteiger partial charge on any atom is -0.497 e. The van der Waals surface area contributed by atoms with Crippen LogP contribution in [0.15, 0.2) is 55.0 Å². The molecular formula is C18H18N4O2. The third-order valence-corrected chi connectivity index (χ3v) is 3.60. The number of anilines is 1. The third kappa shape index (κ3) is 3.60. The number of hydrogen-bond acceptors (Lipinski definition) is 4. The normalized spacial score (nSPS) is 10.4. The zero-order valence-electron chi connectivity index (χ0n) is 13.6. The van der Waals surface area contributed by atoms with Gasteiger partial charge in [-0.1, -0.05) is 12.1 Å². The Morgan fingerprint density at radius 2 is 2.12 bits per heavy atom. The number of benzene rings is 1. The molecule has 6 nitrogen and oxygen atoms in total. The van der Waals surface area contributed by atoms with Crippen molar-refractivity contribution < 1.29 is 9.53 Å². The molecule has 0 unspecified atom stereocenters. The second kappa shape index (κ2) is 6.95. The van der Waals surface area contributed by atoms with E-state index >= 15 is 0 Å². The van der Waals surface area contributed by atoms with Crippen LogP contribution in [-0.2, 0) is 11.2 Å². The van der Waals surface area contributed by atoms with Crippen LogP contribution in [0.2, 0.25) is 0 Å². The minimum absolute atomic E-state index is 0.100. The van der Waals surface area contributed by atoms with Crippen LogP contribution in [0.25, 0.3) is 5.82 Å². The van der Waals surface area contributed by atoms with Gasteiger partial charge in [-0.3, -0.25) is 9.36 Å². The van der Waals surface area contributed by atoms with Gasteiger partial charge in [0.1, 0.15) is 17.4 Å². The molecule has 0 saturated heterocycles. The average Bonchev–Trinajstić information content (AvgIpc) is 3.01. The summed E-state index contributed by atoms with van der Waals surface area (Å²) in [4.78, 5) is 20.7. The lowest BCUT2D eigenvalue weighted by atomic mass is 10.1. The zero-order valence-corrected chi connectivity index (χ0v) is 13.6. The van der Waals surface area contributed by atoms with Crippen LogP contribution in [0, 0.1) is 6.92 Å². The molecule has 0 radical (unpaired) electrons. The summed E-state index contributed by atoms with van der Waals surface area (Å²) in [7, 11) is 1.61. The molecule has 2 aromatic heterocycles. The van der Waals surface area contributed by atoms with E-state index in [9.17, 15) is 4.79 Å². The van der Waals surface area contributed by atoms with Gasteiger partial charge in [0.15, 0.2) is 0 Å². The fourth-order valence-electron chi connectivity index (χ4n) is 2.40. The lowest BCUT2D eigenvalue weighted by Gasteiger charge is -2.08. The number of carbonyl (C=O) groups excluding carboxylic acids is 1. The fraction of sp³-hybridized carbons (Fsp3) is 0.167. The summed E-state index contributed by atoms with van der Waals surface area (Å²) in [6, 6.07) is 11.1. The number of aromatic nitrogens is 3. The Hall–Kier alpha value is -3.15. The van der Waals surface area contributed by atoms with Gasteiger partial charge in [-0.05, 0) is 36.8 Å². The van der Waals surface area contributed by atoms with Gasteiger partial charge in [-0.2, -0.15) is 0 Å². The molecule has 122 valence electrons. The van der Waals surface area contributed by atoms with Crippen molar-refractivity contribution in [2.75, 3.05) is 12.4 Å². The Bertz CT molecular complexity index is 840.